The molecule has 2 aliphatic rings. The van der Waals surface area contributed by atoms with E-state index in [1.165, 1.54) is 6.26 Å². The average Bonchev–Trinajstić information content (AvgIpc) is 3.29. The molecule has 2 atom stereocenters. The molecule has 2 saturated heterocycles. The average molecular weight is 344 g/mol. The van der Waals surface area contributed by atoms with Crippen LogP contribution in [0.2, 0.25) is 0 Å². The van der Waals surface area contributed by atoms with E-state index in [0.29, 0.717) is 50.7 Å². The van der Waals surface area contributed by atoms with E-state index in [1.807, 2.05) is 11.8 Å². The Morgan fingerprint density at radius 2 is 2.12 bits per heavy atom. The first kappa shape index (κ1) is 16.1. The van der Waals surface area contributed by atoms with Crippen molar-refractivity contribution in [2.75, 3.05) is 31.1 Å². The number of rotatable bonds is 2. The molecule has 25 heavy (non-hydrogen) atoms. The predicted molar refractivity (Wildman–Crippen MR) is 90.2 cm³/mol. The maximum absolute atomic E-state index is 14.8. The lowest BCUT2D eigenvalue weighted by atomic mass is 9.77. The van der Waals surface area contributed by atoms with E-state index in [2.05, 4.69) is 9.97 Å². The van der Waals surface area contributed by atoms with Crippen LogP contribution in [0.25, 0.3) is 0 Å². The summed E-state index contributed by atoms with van der Waals surface area (Å²) in [5, 5.41) is 0. The van der Waals surface area contributed by atoms with Gasteiger partial charge in [-0.3, -0.25) is 4.79 Å². The second kappa shape index (κ2) is 6.13. The number of anilines is 1. The molecule has 6 nitrogen and oxygen atoms in total. The SMILES string of the molecule is Cc1cnc(N2CC[C@H](F)[C@@]3(CCN(C(=O)c4ccco4)C3)C2)nc1. The van der Waals surface area contributed by atoms with E-state index in [0.717, 1.165) is 5.56 Å². The molecule has 132 valence electrons. The van der Waals surface area contributed by atoms with Gasteiger partial charge in [0.1, 0.15) is 6.17 Å². The monoisotopic (exact) mass is 344 g/mol. The molecule has 1 spiro atoms. The number of halogens is 1. The molecule has 1 amide bonds. The summed E-state index contributed by atoms with van der Waals surface area (Å²) in [5.41, 5.74) is 0.435. The van der Waals surface area contributed by atoms with E-state index in [4.69, 9.17) is 4.42 Å². The summed E-state index contributed by atoms with van der Waals surface area (Å²) in [7, 11) is 0. The molecule has 4 heterocycles. The molecule has 0 unspecified atom stereocenters. The summed E-state index contributed by atoms with van der Waals surface area (Å²) in [5.74, 6) is 0.771. The number of hydrogen-bond donors (Lipinski definition) is 0. The number of likely N-dealkylation sites (tertiary alicyclic amines) is 1. The summed E-state index contributed by atoms with van der Waals surface area (Å²) in [6, 6.07) is 3.33. The lowest BCUT2D eigenvalue weighted by Crippen LogP contribution is -2.52. The number of alkyl halides is 1. The Morgan fingerprint density at radius 3 is 2.84 bits per heavy atom. The van der Waals surface area contributed by atoms with Gasteiger partial charge in [-0.2, -0.15) is 0 Å². The van der Waals surface area contributed by atoms with Crippen molar-refractivity contribution in [3.05, 3.63) is 42.1 Å². The summed E-state index contributed by atoms with van der Waals surface area (Å²) in [6.07, 6.45) is 5.18. The van der Waals surface area contributed by atoms with Gasteiger partial charge in [0.25, 0.3) is 5.91 Å². The highest BCUT2D eigenvalue weighted by molar-refractivity contribution is 5.91. The van der Waals surface area contributed by atoms with Gasteiger partial charge in [-0.1, -0.05) is 0 Å². The van der Waals surface area contributed by atoms with E-state index in [1.54, 1.807) is 29.4 Å². The second-order valence-corrected chi connectivity index (χ2v) is 7.05. The summed E-state index contributed by atoms with van der Waals surface area (Å²) in [4.78, 5) is 25.0. The summed E-state index contributed by atoms with van der Waals surface area (Å²) >= 11 is 0. The van der Waals surface area contributed by atoms with Crippen molar-refractivity contribution in [2.24, 2.45) is 5.41 Å². The molecule has 0 radical (unpaired) electrons. The fraction of sp³-hybridized carbons (Fsp3) is 0.500. The van der Waals surface area contributed by atoms with E-state index < -0.39 is 11.6 Å². The number of nitrogens with zero attached hydrogens (tertiary/aromatic N) is 4. The van der Waals surface area contributed by atoms with Gasteiger partial charge in [0.05, 0.1) is 6.26 Å². The molecule has 2 aromatic rings. The third-order valence-corrected chi connectivity index (χ3v) is 5.28. The fourth-order valence-corrected chi connectivity index (χ4v) is 3.86. The van der Waals surface area contributed by atoms with E-state index in [9.17, 15) is 9.18 Å². The van der Waals surface area contributed by atoms with Crippen LogP contribution in [0.3, 0.4) is 0 Å². The normalized spacial score (nSPS) is 26.4. The standard InChI is InChI=1S/C18H21FN4O2/c1-13-9-20-17(21-10-13)23-6-4-15(19)18(12-23)5-7-22(11-18)16(24)14-3-2-8-25-14/h2-3,8-10,15H,4-7,11-12H2,1H3/t15-,18+/m0/s1. The van der Waals surface area contributed by atoms with Crippen LogP contribution in [-0.4, -0.2) is 53.1 Å². The number of aryl methyl sites for hydroxylation is 1. The largest absolute Gasteiger partial charge is 0.459 e. The van der Waals surface area contributed by atoms with Crippen LogP contribution >= 0.6 is 0 Å². The van der Waals surface area contributed by atoms with Crippen molar-refractivity contribution in [1.29, 1.82) is 0 Å². The quantitative estimate of drug-likeness (QED) is 0.837. The number of piperidine rings is 1. The van der Waals surface area contributed by atoms with Crippen molar-refractivity contribution in [3.63, 3.8) is 0 Å². The second-order valence-electron chi connectivity index (χ2n) is 7.05. The first-order valence-electron chi connectivity index (χ1n) is 8.58. The summed E-state index contributed by atoms with van der Waals surface area (Å²) in [6.45, 7) is 4.00. The number of carbonyl (C=O) groups excluding carboxylic acids is 1. The van der Waals surface area contributed by atoms with Gasteiger partial charge in [-0.15, -0.1) is 0 Å². The molecule has 0 bridgehead atoms. The molecule has 0 aromatic carbocycles. The van der Waals surface area contributed by atoms with Gasteiger partial charge in [-0.25, -0.2) is 14.4 Å². The minimum absolute atomic E-state index is 0.169. The molecular weight excluding hydrogens is 323 g/mol. The number of amides is 1. The molecule has 0 N–H and O–H groups in total. The van der Waals surface area contributed by atoms with Crippen LogP contribution in [0.5, 0.6) is 0 Å². The van der Waals surface area contributed by atoms with Crippen molar-refractivity contribution >= 4 is 11.9 Å². The van der Waals surface area contributed by atoms with Crippen molar-refractivity contribution in [1.82, 2.24) is 14.9 Å². The van der Waals surface area contributed by atoms with Crippen molar-refractivity contribution < 1.29 is 13.6 Å². The lowest BCUT2D eigenvalue weighted by molar-refractivity contribution is 0.0644. The third kappa shape index (κ3) is 2.88. The third-order valence-electron chi connectivity index (χ3n) is 5.28. The Bertz CT molecular complexity index is 749. The van der Waals surface area contributed by atoms with Crippen LogP contribution in [0.1, 0.15) is 29.0 Å². The number of carbonyl (C=O) groups is 1. The van der Waals surface area contributed by atoms with Crippen LogP contribution < -0.4 is 4.90 Å². The molecule has 4 rings (SSSR count). The Kier molecular flexibility index (Phi) is 3.94. The van der Waals surface area contributed by atoms with Crippen LogP contribution in [-0.2, 0) is 0 Å². The van der Waals surface area contributed by atoms with Crippen molar-refractivity contribution in [2.45, 2.75) is 25.9 Å². The van der Waals surface area contributed by atoms with Gasteiger partial charge in [0.2, 0.25) is 5.95 Å². The zero-order valence-electron chi connectivity index (χ0n) is 14.2. The van der Waals surface area contributed by atoms with Gasteiger partial charge < -0.3 is 14.2 Å². The van der Waals surface area contributed by atoms with Crippen LogP contribution in [0, 0.1) is 12.3 Å². The zero-order chi connectivity index (χ0) is 17.4. The van der Waals surface area contributed by atoms with Crippen LogP contribution in [0.15, 0.2) is 35.2 Å². The van der Waals surface area contributed by atoms with E-state index in [-0.39, 0.29) is 5.91 Å². The van der Waals surface area contributed by atoms with Gasteiger partial charge in [-0.05, 0) is 37.5 Å². The van der Waals surface area contributed by atoms with Gasteiger partial charge in [0, 0.05) is 44.0 Å². The Hall–Kier alpha value is -2.44. The Morgan fingerprint density at radius 1 is 1.32 bits per heavy atom. The molecule has 7 heteroatoms. The number of furan rings is 1. The minimum Gasteiger partial charge on any atom is -0.459 e. The predicted octanol–water partition coefficient (Wildman–Crippen LogP) is 2.46. The first-order chi connectivity index (χ1) is 12.1. The smallest absolute Gasteiger partial charge is 0.289 e. The van der Waals surface area contributed by atoms with Gasteiger partial charge >= 0.3 is 0 Å². The molecule has 2 aliphatic heterocycles. The van der Waals surface area contributed by atoms with Crippen molar-refractivity contribution in [3.8, 4) is 0 Å². The van der Waals surface area contributed by atoms with E-state index >= 15 is 0 Å². The molecule has 0 aliphatic carbocycles. The Balaban J connectivity index is 1.52. The molecular formula is C18H21FN4O2. The maximum Gasteiger partial charge on any atom is 0.289 e. The molecule has 2 fully saturated rings. The zero-order valence-corrected chi connectivity index (χ0v) is 14.2. The van der Waals surface area contributed by atoms with Gasteiger partial charge in [0.15, 0.2) is 5.76 Å². The molecule has 0 saturated carbocycles. The molecule has 2 aromatic heterocycles. The Labute approximate surface area is 145 Å². The fourth-order valence-electron chi connectivity index (χ4n) is 3.86. The highest BCUT2D eigenvalue weighted by Gasteiger charge is 2.50. The number of hydrogen-bond acceptors (Lipinski definition) is 5. The highest BCUT2D eigenvalue weighted by atomic mass is 19.1. The maximum atomic E-state index is 14.8. The van der Waals surface area contributed by atoms with Crippen LogP contribution in [0.4, 0.5) is 10.3 Å². The lowest BCUT2D eigenvalue weighted by Gasteiger charge is -2.42. The topological polar surface area (TPSA) is 62.5 Å². The number of aromatic nitrogens is 2. The summed E-state index contributed by atoms with van der Waals surface area (Å²) < 4.78 is 20.0. The minimum atomic E-state index is -0.927. The first-order valence-corrected chi connectivity index (χ1v) is 8.58. The highest BCUT2D eigenvalue weighted by Crippen LogP contribution is 2.42.